The maximum absolute atomic E-state index is 10.6. The van der Waals surface area contributed by atoms with Gasteiger partial charge in [-0.3, -0.25) is 9.78 Å². The van der Waals surface area contributed by atoms with E-state index in [1.807, 2.05) is 42.8 Å². The minimum Gasteiger partial charge on any atom is -0.329 e. The van der Waals surface area contributed by atoms with Crippen LogP contribution in [-0.4, -0.2) is 16.4 Å². The van der Waals surface area contributed by atoms with E-state index in [1.165, 1.54) is 0 Å². The summed E-state index contributed by atoms with van der Waals surface area (Å²) in [6, 6.07) is 7.79. The molecule has 0 fully saturated rings. The highest BCUT2D eigenvalue weighted by Crippen LogP contribution is 2.33. The molecule has 1 amide bonds. The number of amides is 1. The molecule has 22 heavy (non-hydrogen) atoms. The zero-order chi connectivity index (χ0) is 15.5. The number of pyridine rings is 1. The van der Waals surface area contributed by atoms with Crippen LogP contribution in [-0.2, 0) is 4.79 Å². The average molecular weight is 309 g/mol. The fourth-order valence-electron chi connectivity index (χ4n) is 2.26. The number of carbonyl (C=O) groups is 1. The van der Waals surface area contributed by atoms with Crippen LogP contribution in [0.5, 0.6) is 0 Å². The van der Waals surface area contributed by atoms with Gasteiger partial charge in [0.05, 0.1) is 5.69 Å². The number of thiazole rings is 1. The van der Waals surface area contributed by atoms with Gasteiger partial charge in [-0.2, -0.15) is 0 Å². The summed E-state index contributed by atoms with van der Waals surface area (Å²) in [5.41, 5.74) is 6.05. The van der Waals surface area contributed by atoms with Crippen LogP contribution < -0.4 is 5.32 Å². The first-order chi connectivity index (χ1) is 10.7. The minimum absolute atomic E-state index is 0.681. The Bertz CT molecular complexity index is 826. The van der Waals surface area contributed by atoms with Gasteiger partial charge in [-0.05, 0) is 43.2 Å². The molecule has 5 heteroatoms. The fraction of sp³-hybridized carbons (Fsp3) is 0.118. The topological polar surface area (TPSA) is 54.9 Å². The minimum atomic E-state index is 0.681. The Labute approximate surface area is 132 Å². The molecule has 4 nitrogen and oxygen atoms in total. The first-order valence-electron chi connectivity index (χ1n) is 6.87. The lowest BCUT2D eigenvalue weighted by molar-refractivity contribution is -0.105. The highest BCUT2D eigenvalue weighted by atomic mass is 32.1. The van der Waals surface area contributed by atoms with Crippen LogP contribution in [0.2, 0.25) is 0 Å². The molecule has 0 aliphatic heterocycles. The molecule has 2 heterocycles. The van der Waals surface area contributed by atoms with Crippen LogP contribution in [0.1, 0.15) is 11.1 Å². The highest BCUT2D eigenvalue weighted by Gasteiger charge is 2.11. The van der Waals surface area contributed by atoms with Gasteiger partial charge < -0.3 is 5.32 Å². The molecule has 1 aromatic carbocycles. The third-order valence-electron chi connectivity index (χ3n) is 3.51. The Kier molecular flexibility index (Phi) is 3.98. The number of aromatic nitrogens is 2. The summed E-state index contributed by atoms with van der Waals surface area (Å²) in [5.74, 6) is 0. The van der Waals surface area contributed by atoms with Gasteiger partial charge in [0.15, 0.2) is 0 Å². The van der Waals surface area contributed by atoms with Crippen LogP contribution in [0.4, 0.5) is 5.69 Å². The molecule has 1 N–H and O–H groups in total. The van der Waals surface area contributed by atoms with Crippen molar-refractivity contribution in [2.45, 2.75) is 13.8 Å². The second kappa shape index (κ2) is 6.07. The molecule has 0 saturated carbocycles. The van der Waals surface area contributed by atoms with Gasteiger partial charge >= 0.3 is 0 Å². The number of carbonyl (C=O) groups excluding carboxylic acids is 1. The first-order valence-corrected chi connectivity index (χ1v) is 7.74. The largest absolute Gasteiger partial charge is 0.329 e. The maximum Gasteiger partial charge on any atom is 0.211 e. The van der Waals surface area contributed by atoms with Gasteiger partial charge in [0.25, 0.3) is 0 Å². The Morgan fingerprint density at radius 2 is 1.95 bits per heavy atom. The summed E-state index contributed by atoms with van der Waals surface area (Å²) in [4.78, 5) is 19.5. The molecule has 0 bridgehead atoms. The predicted molar refractivity (Wildman–Crippen MR) is 89.9 cm³/mol. The Morgan fingerprint density at radius 1 is 1.14 bits per heavy atom. The Morgan fingerprint density at radius 3 is 2.73 bits per heavy atom. The molecule has 0 atom stereocenters. The van der Waals surface area contributed by atoms with Crippen molar-refractivity contribution in [3.63, 3.8) is 0 Å². The van der Waals surface area contributed by atoms with Crippen molar-refractivity contribution in [2.75, 3.05) is 5.32 Å². The molecule has 0 unspecified atom stereocenters. The van der Waals surface area contributed by atoms with Crippen molar-refractivity contribution in [3.8, 4) is 21.8 Å². The molecule has 3 aromatic rings. The average Bonchev–Trinajstić information content (AvgIpc) is 2.99. The van der Waals surface area contributed by atoms with E-state index in [0.29, 0.717) is 6.41 Å². The fourth-order valence-corrected chi connectivity index (χ4v) is 3.16. The highest BCUT2D eigenvalue weighted by molar-refractivity contribution is 7.13. The molecule has 0 aliphatic rings. The van der Waals surface area contributed by atoms with E-state index in [9.17, 15) is 4.79 Å². The summed E-state index contributed by atoms with van der Waals surface area (Å²) in [6.45, 7) is 4.09. The normalized spacial score (nSPS) is 10.5. The van der Waals surface area contributed by atoms with Gasteiger partial charge in [0.1, 0.15) is 5.01 Å². The standard InChI is InChI=1S/C17H15N3OS/c1-11-3-4-13(19-10-21)7-14(11)17-20-16(9-22-17)15-8-18-6-5-12(15)2/h3-10H,1-2H3,(H,19,21). The van der Waals surface area contributed by atoms with Gasteiger partial charge in [-0.1, -0.05) is 6.07 Å². The van der Waals surface area contributed by atoms with Crippen molar-refractivity contribution in [2.24, 2.45) is 0 Å². The molecule has 0 aliphatic carbocycles. The van der Waals surface area contributed by atoms with Crippen LogP contribution >= 0.6 is 11.3 Å². The molecule has 3 rings (SSSR count). The van der Waals surface area contributed by atoms with E-state index in [2.05, 4.69) is 17.2 Å². The predicted octanol–water partition coefficient (Wildman–Crippen LogP) is 4.06. The van der Waals surface area contributed by atoms with E-state index < -0.39 is 0 Å². The number of hydrogen-bond donors (Lipinski definition) is 1. The smallest absolute Gasteiger partial charge is 0.211 e. The summed E-state index contributed by atoms with van der Waals surface area (Å²) >= 11 is 1.59. The van der Waals surface area contributed by atoms with E-state index in [0.717, 1.165) is 38.6 Å². The second-order valence-electron chi connectivity index (χ2n) is 5.02. The molecular weight excluding hydrogens is 294 g/mol. The number of rotatable bonds is 4. The molecule has 0 spiro atoms. The number of benzene rings is 1. The SMILES string of the molecule is Cc1ccncc1-c1csc(-c2cc(NC=O)ccc2C)n1. The maximum atomic E-state index is 10.6. The van der Waals surface area contributed by atoms with E-state index in [4.69, 9.17) is 4.98 Å². The van der Waals surface area contributed by atoms with Gasteiger partial charge in [-0.15, -0.1) is 11.3 Å². The molecule has 0 radical (unpaired) electrons. The zero-order valence-corrected chi connectivity index (χ0v) is 13.1. The summed E-state index contributed by atoms with van der Waals surface area (Å²) in [7, 11) is 0. The number of nitrogens with zero attached hydrogens (tertiary/aromatic N) is 2. The van der Waals surface area contributed by atoms with Crippen LogP contribution in [0, 0.1) is 13.8 Å². The van der Waals surface area contributed by atoms with Crippen LogP contribution in [0.15, 0.2) is 42.0 Å². The molecule has 110 valence electrons. The van der Waals surface area contributed by atoms with Crippen molar-refractivity contribution >= 4 is 23.4 Å². The number of anilines is 1. The Hall–Kier alpha value is -2.53. The second-order valence-corrected chi connectivity index (χ2v) is 5.88. The summed E-state index contributed by atoms with van der Waals surface area (Å²) < 4.78 is 0. The molecular formula is C17H15N3OS. The van der Waals surface area contributed by atoms with Crippen LogP contribution in [0.3, 0.4) is 0 Å². The van der Waals surface area contributed by atoms with E-state index >= 15 is 0 Å². The summed E-state index contributed by atoms with van der Waals surface area (Å²) in [5, 5.41) is 5.65. The van der Waals surface area contributed by atoms with Gasteiger partial charge in [0.2, 0.25) is 6.41 Å². The van der Waals surface area contributed by atoms with Crippen molar-refractivity contribution < 1.29 is 4.79 Å². The van der Waals surface area contributed by atoms with Crippen molar-refractivity contribution in [1.82, 2.24) is 9.97 Å². The van der Waals surface area contributed by atoms with E-state index in [1.54, 1.807) is 17.5 Å². The van der Waals surface area contributed by atoms with Crippen molar-refractivity contribution in [3.05, 3.63) is 53.2 Å². The first kappa shape index (κ1) is 14.4. The van der Waals surface area contributed by atoms with Crippen LogP contribution in [0.25, 0.3) is 21.8 Å². The number of nitrogens with one attached hydrogen (secondary N) is 1. The monoisotopic (exact) mass is 309 g/mol. The lowest BCUT2D eigenvalue weighted by Gasteiger charge is -2.05. The lowest BCUT2D eigenvalue weighted by atomic mass is 10.1. The van der Waals surface area contributed by atoms with Crippen molar-refractivity contribution in [1.29, 1.82) is 0 Å². The van der Waals surface area contributed by atoms with Gasteiger partial charge in [-0.25, -0.2) is 4.98 Å². The summed E-state index contributed by atoms with van der Waals surface area (Å²) in [6.07, 6.45) is 4.30. The molecule has 2 aromatic heterocycles. The van der Waals surface area contributed by atoms with Gasteiger partial charge in [0, 0.05) is 34.6 Å². The quantitative estimate of drug-likeness (QED) is 0.739. The third kappa shape index (κ3) is 2.76. The number of hydrogen-bond acceptors (Lipinski definition) is 4. The van der Waals surface area contributed by atoms with E-state index in [-0.39, 0.29) is 0 Å². The lowest BCUT2D eigenvalue weighted by Crippen LogP contribution is -1.94. The number of aryl methyl sites for hydroxylation is 2. The zero-order valence-electron chi connectivity index (χ0n) is 12.3. The molecule has 0 saturated heterocycles. The third-order valence-corrected chi connectivity index (χ3v) is 4.39. The Balaban J connectivity index is 2.02.